The van der Waals surface area contributed by atoms with E-state index in [1.54, 1.807) is 4.90 Å². The topological polar surface area (TPSA) is 66.3 Å². The Balaban J connectivity index is 2.90. The van der Waals surface area contributed by atoms with Crippen molar-refractivity contribution in [1.29, 1.82) is 0 Å². The summed E-state index contributed by atoms with van der Waals surface area (Å²) in [5, 5.41) is 9.74. The van der Waals surface area contributed by atoms with Gasteiger partial charge >= 0.3 is 5.97 Å². The maximum atomic E-state index is 10.8. The summed E-state index contributed by atoms with van der Waals surface area (Å²) in [5.41, 5.74) is 0. The second kappa shape index (κ2) is 6.44. The van der Waals surface area contributed by atoms with E-state index in [2.05, 4.69) is 9.97 Å². The molecule has 5 nitrogen and oxygen atoms in total. The summed E-state index contributed by atoms with van der Waals surface area (Å²) in [6.45, 7) is 4.72. The molecule has 0 aliphatic rings. The molecule has 1 rings (SSSR count). The van der Waals surface area contributed by atoms with Crippen LogP contribution in [0.1, 0.15) is 13.8 Å². The molecule has 1 N–H and O–H groups in total. The van der Waals surface area contributed by atoms with Crippen LogP contribution in [0.5, 0.6) is 0 Å². The number of nitrogens with zero attached hydrogens (tertiary/aromatic N) is 3. The van der Waals surface area contributed by atoms with E-state index >= 15 is 0 Å². The second-order valence-electron chi connectivity index (χ2n) is 4.09. The molecular formula is C11H17N3O2S. The van der Waals surface area contributed by atoms with Gasteiger partial charge in [-0.15, -0.1) is 11.8 Å². The predicted octanol–water partition coefficient (Wildman–Crippen LogP) is 1.75. The zero-order chi connectivity index (χ0) is 12.8. The third kappa shape index (κ3) is 4.60. The number of thioether (sulfide) groups is 1. The quantitative estimate of drug-likeness (QED) is 0.617. The Morgan fingerprint density at radius 2 is 2.24 bits per heavy atom. The molecule has 0 saturated heterocycles. The number of anilines is 1. The van der Waals surface area contributed by atoms with Crippen molar-refractivity contribution in [3.05, 3.63) is 12.4 Å². The molecule has 0 aliphatic carbocycles. The number of aliphatic carboxylic acids is 1. The van der Waals surface area contributed by atoms with Crippen LogP contribution < -0.4 is 4.90 Å². The van der Waals surface area contributed by atoms with Crippen molar-refractivity contribution in [2.45, 2.75) is 18.9 Å². The molecule has 0 saturated carbocycles. The lowest BCUT2D eigenvalue weighted by Gasteiger charge is -2.23. The normalized spacial score (nSPS) is 10.6. The summed E-state index contributed by atoms with van der Waals surface area (Å²) in [6, 6.07) is 1.82. The average Bonchev–Trinajstić information content (AvgIpc) is 2.27. The van der Waals surface area contributed by atoms with Crippen molar-refractivity contribution >= 4 is 23.5 Å². The van der Waals surface area contributed by atoms with Crippen molar-refractivity contribution in [1.82, 2.24) is 9.97 Å². The van der Waals surface area contributed by atoms with E-state index in [-0.39, 0.29) is 6.54 Å². The van der Waals surface area contributed by atoms with E-state index in [0.29, 0.717) is 18.3 Å². The third-order valence-electron chi connectivity index (χ3n) is 2.07. The van der Waals surface area contributed by atoms with Crippen molar-refractivity contribution in [2.24, 2.45) is 5.92 Å². The maximum absolute atomic E-state index is 10.8. The molecule has 6 heteroatoms. The fourth-order valence-electron chi connectivity index (χ4n) is 1.46. The standard InChI is InChI=1S/C11H17N3O2S/c1-8(2)5-14(6-11(15)16)9-4-10(17-3)13-7-12-9/h4,7-8H,5-6H2,1-3H3,(H,15,16). The summed E-state index contributed by atoms with van der Waals surface area (Å²) in [6.07, 6.45) is 3.40. The van der Waals surface area contributed by atoms with E-state index in [1.807, 2.05) is 26.2 Å². The Kier molecular flexibility index (Phi) is 5.21. The minimum absolute atomic E-state index is 0.0387. The Bertz CT molecular complexity index is 385. The molecule has 1 aromatic rings. The van der Waals surface area contributed by atoms with Gasteiger partial charge < -0.3 is 10.0 Å². The van der Waals surface area contributed by atoms with E-state index in [0.717, 1.165) is 5.03 Å². The second-order valence-corrected chi connectivity index (χ2v) is 4.91. The third-order valence-corrected chi connectivity index (χ3v) is 2.71. The van der Waals surface area contributed by atoms with Crippen LogP contribution in [0, 0.1) is 5.92 Å². The van der Waals surface area contributed by atoms with Gasteiger partial charge in [-0.3, -0.25) is 4.79 Å². The lowest BCUT2D eigenvalue weighted by Crippen LogP contribution is -2.33. The number of hydrogen-bond acceptors (Lipinski definition) is 5. The van der Waals surface area contributed by atoms with Gasteiger partial charge in [-0.1, -0.05) is 13.8 Å². The Morgan fingerprint density at radius 3 is 2.76 bits per heavy atom. The van der Waals surface area contributed by atoms with Crippen LogP contribution in [0.3, 0.4) is 0 Å². The van der Waals surface area contributed by atoms with Crippen molar-refractivity contribution in [3.8, 4) is 0 Å². The van der Waals surface area contributed by atoms with Crippen molar-refractivity contribution in [2.75, 3.05) is 24.2 Å². The van der Waals surface area contributed by atoms with Crippen molar-refractivity contribution in [3.63, 3.8) is 0 Å². The van der Waals surface area contributed by atoms with E-state index in [1.165, 1.54) is 18.1 Å². The van der Waals surface area contributed by atoms with Gasteiger partial charge in [0, 0.05) is 12.6 Å². The first-order chi connectivity index (χ1) is 8.02. The number of carboxylic acid groups (broad SMARTS) is 1. The molecule has 0 atom stereocenters. The van der Waals surface area contributed by atoms with Crippen LogP contribution in [0.25, 0.3) is 0 Å². The number of rotatable bonds is 6. The minimum atomic E-state index is -0.852. The van der Waals surface area contributed by atoms with E-state index in [4.69, 9.17) is 5.11 Å². The summed E-state index contributed by atoms with van der Waals surface area (Å²) in [4.78, 5) is 20.8. The Labute approximate surface area is 105 Å². The molecule has 0 bridgehead atoms. The fraction of sp³-hybridized carbons (Fsp3) is 0.545. The number of carbonyl (C=O) groups is 1. The molecule has 0 aliphatic heterocycles. The zero-order valence-electron chi connectivity index (χ0n) is 10.3. The molecular weight excluding hydrogens is 238 g/mol. The molecule has 1 aromatic heterocycles. The van der Waals surface area contributed by atoms with Gasteiger partial charge in [-0.2, -0.15) is 0 Å². The van der Waals surface area contributed by atoms with Gasteiger partial charge in [-0.05, 0) is 12.2 Å². The van der Waals surface area contributed by atoms with Crippen LogP contribution in [0.2, 0.25) is 0 Å². The van der Waals surface area contributed by atoms with Gasteiger partial charge in [0.2, 0.25) is 0 Å². The summed E-state index contributed by atoms with van der Waals surface area (Å²) in [7, 11) is 0. The van der Waals surface area contributed by atoms with Crippen LogP contribution in [-0.4, -0.2) is 40.4 Å². The number of aromatic nitrogens is 2. The van der Waals surface area contributed by atoms with E-state index in [9.17, 15) is 4.79 Å². The molecule has 17 heavy (non-hydrogen) atoms. The number of carboxylic acids is 1. The first-order valence-corrected chi connectivity index (χ1v) is 6.58. The smallest absolute Gasteiger partial charge is 0.323 e. The van der Waals surface area contributed by atoms with Gasteiger partial charge in [0.25, 0.3) is 0 Å². The minimum Gasteiger partial charge on any atom is -0.480 e. The zero-order valence-corrected chi connectivity index (χ0v) is 11.1. The predicted molar refractivity (Wildman–Crippen MR) is 68.5 cm³/mol. The molecule has 0 amide bonds. The lowest BCUT2D eigenvalue weighted by atomic mass is 10.2. The highest BCUT2D eigenvalue weighted by Crippen LogP contribution is 2.18. The van der Waals surface area contributed by atoms with Gasteiger partial charge in [-0.25, -0.2) is 9.97 Å². The first kappa shape index (κ1) is 13.8. The highest BCUT2D eigenvalue weighted by molar-refractivity contribution is 7.98. The van der Waals surface area contributed by atoms with Gasteiger partial charge in [0.15, 0.2) is 0 Å². The number of hydrogen-bond donors (Lipinski definition) is 1. The highest BCUT2D eigenvalue weighted by atomic mass is 32.2. The van der Waals surface area contributed by atoms with Crippen LogP contribution >= 0.6 is 11.8 Å². The average molecular weight is 255 g/mol. The molecule has 1 heterocycles. The molecule has 0 unspecified atom stereocenters. The van der Waals surface area contributed by atoms with Crippen LogP contribution in [-0.2, 0) is 4.79 Å². The first-order valence-electron chi connectivity index (χ1n) is 5.35. The molecule has 94 valence electrons. The Morgan fingerprint density at radius 1 is 1.53 bits per heavy atom. The SMILES string of the molecule is CSc1cc(N(CC(=O)O)CC(C)C)ncn1. The lowest BCUT2D eigenvalue weighted by molar-refractivity contribution is -0.135. The van der Waals surface area contributed by atoms with Crippen molar-refractivity contribution < 1.29 is 9.90 Å². The summed E-state index contributed by atoms with van der Waals surface area (Å²) >= 11 is 1.51. The summed E-state index contributed by atoms with van der Waals surface area (Å²) in [5.74, 6) is 0.192. The van der Waals surface area contributed by atoms with E-state index < -0.39 is 5.97 Å². The maximum Gasteiger partial charge on any atom is 0.323 e. The molecule has 0 aromatic carbocycles. The van der Waals surface area contributed by atoms with Gasteiger partial charge in [0.05, 0.1) is 0 Å². The fourth-order valence-corrected chi connectivity index (χ4v) is 1.83. The Hall–Kier alpha value is -1.30. The molecule has 0 fully saturated rings. The monoisotopic (exact) mass is 255 g/mol. The largest absolute Gasteiger partial charge is 0.480 e. The highest BCUT2D eigenvalue weighted by Gasteiger charge is 2.14. The molecule has 0 radical (unpaired) electrons. The molecule has 0 spiro atoms. The van der Waals surface area contributed by atoms with Crippen LogP contribution in [0.15, 0.2) is 17.4 Å². The van der Waals surface area contributed by atoms with Gasteiger partial charge in [0.1, 0.15) is 23.7 Å². The van der Waals surface area contributed by atoms with Crippen LogP contribution in [0.4, 0.5) is 5.82 Å². The summed E-state index contributed by atoms with van der Waals surface area (Å²) < 4.78 is 0.